The number of aromatic nitrogens is 2. The maximum atomic E-state index is 4.65. The Morgan fingerprint density at radius 1 is 1.33 bits per heavy atom. The lowest BCUT2D eigenvalue weighted by molar-refractivity contribution is 0.575. The number of nitrogens with zero attached hydrogens (tertiary/aromatic N) is 2. The lowest BCUT2D eigenvalue weighted by Gasteiger charge is -2.18. The average Bonchev–Trinajstić information content (AvgIpc) is 3.02. The van der Waals surface area contributed by atoms with Crippen LogP contribution in [-0.2, 0) is 13.0 Å². The summed E-state index contributed by atoms with van der Waals surface area (Å²) in [5.74, 6) is 2.36. The Labute approximate surface area is 132 Å². The largest absolute Gasteiger partial charge is 0.303 e. The smallest absolute Gasteiger partial charge is 0.193 e. The van der Waals surface area contributed by atoms with E-state index in [4.69, 9.17) is 0 Å². The van der Waals surface area contributed by atoms with E-state index in [1.165, 1.54) is 23.3 Å². The summed E-state index contributed by atoms with van der Waals surface area (Å²) in [5.41, 5.74) is 4.07. The molecule has 1 atom stereocenters. The molecule has 2 aromatic heterocycles. The van der Waals surface area contributed by atoms with Gasteiger partial charge in [-0.15, -0.1) is 11.3 Å². The van der Waals surface area contributed by atoms with Crippen LogP contribution < -0.4 is 5.32 Å². The van der Waals surface area contributed by atoms with Gasteiger partial charge in [0, 0.05) is 36.1 Å². The number of nitrogens with one attached hydrogen (secondary N) is 1. The van der Waals surface area contributed by atoms with Crippen molar-refractivity contribution in [2.75, 3.05) is 11.5 Å². The summed E-state index contributed by atoms with van der Waals surface area (Å²) in [4.78, 5) is 5.72. The molecular formula is C16H17N3S2. The standard InChI is InChI=1S/C16H17N3S2/c1-2-4-14-12(3-1)5-7-20-11-15(14)17-9-13-10-19-6-8-21-16(19)18-13/h1-4,6,8,10,15,17H,5,7,9,11H2/t15-/m0/s1. The van der Waals surface area contributed by atoms with E-state index < -0.39 is 0 Å². The molecule has 0 saturated carbocycles. The van der Waals surface area contributed by atoms with E-state index in [1.54, 1.807) is 11.3 Å². The molecule has 4 rings (SSSR count). The van der Waals surface area contributed by atoms with Crippen LogP contribution in [0.15, 0.2) is 42.0 Å². The van der Waals surface area contributed by atoms with Crippen molar-refractivity contribution >= 4 is 28.1 Å². The molecule has 1 aliphatic heterocycles. The zero-order chi connectivity index (χ0) is 14.1. The first kappa shape index (κ1) is 13.4. The Hall–Kier alpha value is -1.30. The fourth-order valence-electron chi connectivity index (χ4n) is 2.83. The zero-order valence-electron chi connectivity index (χ0n) is 11.7. The van der Waals surface area contributed by atoms with Crippen LogP contribution in [0.2, 0.25) is 0 Å². The van der Waals surface area contributed by atoms with E-state index >= 15 is 0 Å². The van der Waals surface area contributed by atoms with Gasteiger partial charge in [-0.1, -0.05) is 24.3 Å². The molecule has 3 aromatic rings. The van der Waals surface area contributed by atoms with Crippen LogP contribution in [0.4, 0.5) is 0 Å². The molecule has 1 N–H and O–H groups in total. The van der Waals surface area contributed by atoms with Gasteiger partial charge in [0.05, 0.1) is 5.69 Å². The van der Waals surface area contributed by atoms with Gasteiger partial charge < -0.3 is 5.32 Å². The van der Waals surface area contributed by atoms with Crippen LogP contribution in [0.5, 0.6) is 0 Å². The number of aryl methyl sites for hydroxylation is 1. The molecule has 108 valence electrons. The number of thiazole rings is 1. The summed E-state index contributed by atoms with van der Waals surface area (Å²) in [6.07, 6.45) is 5.36. The molecule has 3 heterocycles. The fourth-order valence-corrected chi connectivity index (χ4v) is 4.62. The number of imidazole rings is 1. The Kier molecular flexibility index (Phi) is 3.71. The van der Waals surface area contributed by atoms with Crippen LogP contribution in [0.3, 0.4) is 0 Å². The number of fused-ring (bicyclic) bond motifs is 2. The molecule has 0 bridgehead atoms. The highest BCUT2D eigenvalue weighted by Crippen LogP contribution is 2.27. The predicted molar refractivity (Wildman–Crippen MR) is 90.1 cm³/mol. The molecule has 21 heavy (non-hydrogen) atoms. The summed E-state index contributed by atoms with van der Waals surface area (Å²) in [6, 6.07) is 9.26. The van der Waals surface area contributed by atoms with Crippen LogP contribution in [0, 0.1) is 0 Å². The van der Waals surface area contributed by atoms with E-state index in [9.17, 15) is 0 Å². The zero-order valence-corrected chi connectivity index (χ0v) is 13.3. The maximum absolute atomic E-state index is 4.65. The molecule has 3 nitrogen and oxygen atoms in total. The second-order valence-electron chi connectivity index (χ2n) is 5.28. The van der Waals surface area contributed by atoms with Crippen LogP contribution in [0.1, 0.15) is 22.9 Å². The third-order valence-electron chi connectivity index (χ3n) is 3.90. The monoisotopic (exact) mass is 315 g/mol. The van der Waals surface area contributed by atoms with Gasteiger partial charge in [-0.2, -0.15) is 11.8 Å². The molecule has 0 amide bonds. The third kappa shape index (κ3) is 2.73. The van der Waals surface area contributed by atoms with Gasteiger partial charge in [0.1, 0.15) is 0 Å². The number of hydrogen-bond donors (Lipinski definition) is 1. The average molecular weight is 315 g/mol. The van der Waals surface area contributed by atoms with Gasteiger partial charge in [-0.3, -0.25) is 4.40 Å². The molecule has 0 radical (unpaired) electrons. The summed E-state index contributed by atoms with van der Waals surface area (Å²) < 4.78 is 2.09. The molecule has 0 unspecified atom stereocenters. The summed E-state index contributed by atoms with van der Waals surface area (Å²) in [5, 5.41) is 5.76. The van der Waals surface area contributed by atoms with Gasteiger partial charge >= 0.3 is 0 Å². The maximum Gasteiger partial charge on any atom is 0.193 e. The highest BCUT2D eigenvalue weighted by molar-refractivity contribution is 7.99. The van der Waals surface area contributed by atoms with Crippen molar-refractivity contribution in [3.05, 3.63) is 58.9 Å². The summed E-state index contributed by atoms with van der Waals surface area (Å²) >= 11 is 3.72. The van der Waals surface area contributed by atoms with E-state index in [1.807, 2.05) is 11.8 Å². The summed E-state index contributed by atoms with van der Waals surface area (Å²) in [6.45, 7) is 0.827. The fraction of sp³-hybridized carbons (Fsp3) is 0.312. The van der Waals surface area contributed by atoms with Gasteiger partial charge in [0.25, 0.3) is 0 Å². The lowest BCUT2D eigenvalue weighted by atomic mass is 10.00. The van der Waals surface area contributed by atoms with Gasteiger partial charge in [-0.25, -0.2) is 4.98 Å². The van der Waals surface area contributed by atoms with Crippen molar-refractivity contribution in [1.29, 1.82) is 0 Å². The van der Waals surface area contributed by atoms with Crippen molar-refractivity contribution in [2.45, 2.75) is 19.0 Å². The molecule has 0 spiro atoms. The first-order valence-electron chi connectivity index (χ1n) is 7.20. The molecule has 0 fully saturated rings. The number of rotatable bonds is 3. The molecule has 0 aliphatic carbocycles. The Bertz CT molecular complexity index is 718. The van der Waals surface area contributed by atoms with Crippen molar-refractivity contribution in [1.82, 2.24) is 14.7 Å². The minimum absolute atomic E-state index is 0.424. The SMILES string of the molecule is c1ccc2c(c1)CCSC[C@@H]2NCc1cn2ccsc2n1. The summed E-state index contributed by atoms with van der Waals surface area (Å²) in [7, 11) is 0. The van der Waals surface area contributed by atoms with E-state index in [2.05, 4.69) is 56.7 Å². The highest BCUT2D eigenvalue weighted by atomic mass is 32.2. The normalized spacial score (nSPS) is 18.6. The Balaban J connectivity index is 1.52. The van der Waals surface area contributed by atoms with Crippen LogP contribution >= 0.6 is 23.1 Å². The first-order valence-corrected chi connectivity index (χ1v) is 9.23. The Morgan fingerprint density at radius 2 is 2.29 bits per heavy atom. The van der Waals surface area contributed by atoms with Crippen LogP contribution in [-0.4, -0.2) is 20.9 Å². The topological polar surface area (TPSA) is 29.3 Å². The van der Waals surface area contributed by atoms with Crippen LogP contribution in [0.25, 0.3) is 4.96 Å². The minimum atomic E-state index is 0.424. The number of hydrogen-bond acceptors (Lipinski definition) is 4. The molecular weight excluding hydrogens is 298 g/mol. The number of benzene rings is 1. The predicted octanol–water partition coefficient (Wildman–Crippen LogP) is 3.52. The van der Waals surface area contributed by atoms with Crippen molar-refractivity contribution in [2.24, 2.45) is 0 Å². The second-order valence-corrected chi connectivity index (χ2v) is 7.31. The second kappa shape index (κ2) is 5.83. The minimum Gasteiger partial charge on any atom is -0.303 e. The van der Waals surface area contributed by atoms with Crippen molar-refractivity contribution < 1.29 is 0 Å². The third-order valence-corrected chi connectivity index (χ3v) is 5.74. The first-order chi connectivity index (χ1) is 10.4. The molecule has 1 aliphatic rings. The van der Waals surface area contributed by atoms with Gasteiger partial charge in [-0.05, 0) is 23.3 Å². The van der Waals surface area contributed by atoms with Crippen molar-refractivity contribution in [3.8, 4) is 0 Å². The molecule has 1 aromatic carbocycles. The molecule has 5 heteroatoms. The van der Waals surface area contributed by atoms with E-state index in [0.29, 0.717) is 6.04 Å². The molecule has 0 saturated heterocycles. The van der Waals surface area contributed by atoms with E-state index in [0.717, 1.165) is 23.0 Å². The highest BCUT2D eigenvalue weighted by Gasteiger charge is 2.18. The van der Waals surface area contributed by atoms with Crippen molar-refractivity contribution in [3.63, 3.8) is 0 Å². The Morgan fingerprint density at radius 3 is 3.24 bits per heavy atom. The lowest BCUT2D eigenvalue weighted by Crippen LogP contribution is -2.23. The number of thioether (sulfide) groups is 1. The van der Waals surface area contributed by atoms with E-state index in [-0.39, 0.29) is 0 Å². The van der Waals surface area contributed by atoms with Gasteiger partial charge in [0.2, 0.25) is 0 Å². The quantitative estimate of drug-likeness (QED) is 0.802. The van der Waals surface area contributed by atoms with Gasteiger partial charge in [0.15, 0.2) is 4.96 Å².